The fourth-order valence-corrected chi connectivity index (χ4v) is 3.04. The van der Waals surface area contributed by atoms with Gasteiger partial charge in [0.2, 0.25) is 17.8 Å². The number of nitrogens with one attached hydrogen (secondary N) is 1. The number of carbonyl (C=O) groups is 1. The summed E-state index contributed by atoms with van der Waals surface area (Å²) in [6.07, 6.45) is 4.03. The second-order valence-corrected chi connectivity index (χ2v) is 7.02. The second-order valence-electron chi connectivity index (χ2n) is 7.02. The molecular formula is C16H27N7O. The Balaban J connectivity index is 1.58. The van der Waals surface area contributed by atoms with Crippen molar-refractivity contribution in [1.29, 1.82) is 0 Å². The van der Waals surface area contributed by atoms with Gasteiger partial charge < -0.3 is 16.0 Å². The molecule has 8 nitrogen and oxygen atoms in total. The fourth-order valence-electron chi connectivity index (χ4n) is 3.04. The van der Waals surface area contributed by atoms with Crippen LogP contribution in [0.4, 0.5) is 11.9 Å². The van der Waals surface area contributed by atoms with Gasteiger partial charge in [0.25, 0.3) is 0 Å². The van der Waals surface area contributed by atoms with E-state index in [2.05, 4.69) is 32.1 Å². The number of carbonyl (C=O) groups excluding carboxylic acids is 1. The first-order chi connectivity index (χ1) is 11.4. The van der Waals surface area contributed by atoms with Gasteiger partial charge in [-0.3, -0.25) is 9.69 Å². The highest BCUT2D eigenvalue weighted by Gasteiger charge is 2.32. The van der Waals surface area contributed by atoms with Crippen molar-refractivity contribution >= 4 is 17.8 Å². The SMILES string of the molecule is C[C@@H](c1nc(N)nc(N(C)C)n1)N1CCC(NC(=O)C2CC2)CC1. The lowest BCUT2D eigenvalue weighted by atomic mass is 10.0. The molecule has 1 saturated carbocycles. The van der Waals surface area contributed by atoms with Crippen LogP contribution in [0.5, 0.6) is 0 Å². The highest BCUT2D eigenvalue weighted by Crippen LogP contribution is 2.29. The number of hydrogen-bond acceptors (Lipinski definition) is 7. The molecule has 3 rings (SSSR count). The number of likely N-dealkylation sites (tertiary alicyclic amines) is 1. The lowest BCUT2D eigenvalue weighted by Gasteiger charge is -2.35. The number of nitrogens with two attached hydrogens (primary N) is 1. The largest absolute Gasteiger partial charge is 0.368 e. The fraction of sp³-hybridized carbons (Fsp3) is 0.750. The maximum Gasteiger partial charge on any atom is 0.229 e. The lowest BCUT2D eigenvalue weighted by molar-refractivity contribution is -0.123. The summed E-state index contributed by atoms with van der Waals surface area (Å²) in [5.41, 5.74) is 5.82. The van der Waals surface area contributed by atoms with Gasteiger partial charge in [0, 0.05) is 39.1 Å². The van der Waals surface area contributed by atoms with Crippen molar-refractivity contribution in [1.82, 2.24) is 25.2 Å². The van der Waals surface area contributed by atoms with E-state index in [9.17, 15) is 4.79 Å². The molecule has 2 heterocycles. The average molecular weight is 333 g/mol. The molecule has 3 N–H and O–H groups in total. The van der Waals surface area contributed by atoms with Crippen molar-refractivity contribution in [2.24, 2.45) is 5.92 Å². The number of rotatable bonds is 5. The second kappa shape index (κ2) is 6.88. The van der Waals surface area contributed by atoms with E-state index in [0.29, 0.717) is 17.8 Å². The Morgan fingerprint density at radius 1 is 1.21 bits per heavy atom. The van der Waals surface area contributed by atoms with Crippen LogP contribution in [0.25, 0.3) is 0 Å². The summed E-state index contributed by atoms with van der Waals surface area (Å²) >= 11 is 0. The number of amides is 1. The van der Waals surface area contributed by atoms with Gasteiger partial charge in [-0.2, -0.15) is 15.0 Å². The Hall–Kier alpha value is -1.96. The zero-order valence-electron chi connectivity index (χ0n) is 14.7. The molecule has 1 aromatic heterocycles. The minimum Gasteiger partial charge on any atom is -0.368 e. The molecular weight excluding hydrogens is 306 g/mol. The molecule has 2 fully saturated rings. The third-order valence-electron chi connectivity index (χ3n) is 4.80. The molecule has 132 valence electrons. The van der Waals surface area contributed by atoms with Gasteiger partial charge in [-0.15, -0.1) is 0 Å². The summed E-state index contributed by atoms with van der Waals surface area (Å²) in [5.74, 6) is 2.05. The van der Waals surface area contributed by atoms with Gasteiger partial charge in [0.1, 0.15) is 0 Å². The predicted octanol–water partition coefficient (Wildman–Crippen LogP) is 0.571. The van der Waals surface area contributed by atoms with Gasteiger partial charge in [-0.25, -0.2) is 0 Å². The molecule has 0 aromatic carbocycles. The van der Waals surface area contributed by atoms with Crippen LogP contribution in [0.3, 0.4) is 0 Å². The number of nitrogens with zero attached hydrogens (tertiary/aromatic N) is 5. The average Bonchev–Trinajstić information content (AvgIpc) is 3.39. The Labute approximate surface area is 142 Å². The van der Waals surface area contributed by atoms with Crippen molar-refractivity contribution < 1.29 is 4.79 Å². The van der Waals surface area contributed by atoms with Crippen molar-refractivity contribution in [2.75, 3.05) is 37.8 Å². The van der Waals surface area contributed by atoms with Crippen molar-refractivity contribution in [3.05, 3.63) is 5.82 Å². The Kier molecular flexibility index (Phi) is 4.84. The smallest absolute Gasteiger partial charge is 0.229 e. The summed E-state index contributed by atoms with van der Waals surface area (Å²) < 4.78 is 0. The first kappa shape index (κ1) is 16.9. The molecule has 0 unspecified atom stereocenters. The molecule has 1 saturated heterocycles. The van der Waals surface area contributed by atoms with E-state index in [-0.39, 0.29) is 23.8 Å². The van der Waals surface area contributed by atoms with Crippen molar-refractivity contribution in [3.63, 3.8) is 0 Å². The molecule has 0 bridgehead atoms. The molecule has 8 heteroatoms. The quantitative estimate of drug-likeness (QED) is 0.812. The van der Waals surface area contributed by atoms with Crippen LogP contribution in [0.2, 0.25) is 0 Å². The molecule has 0 radical (unpaired) electrons. The van der Waals surface area contributed by atoms with Crippen LogP contribution < -0.4 is 16.0 Å². The van der Waals surface area contributed by atoms with Crippen molar-refractivity contribution in [3.8, 4) is 0 Å². The number of anilines is 2. The Morgan fingerprint density at radius 2 is 1.88 bits per heavy atom. The van der Waals surface area contributed by atoms with Crippen LogP contribution in [0.15, 0.2) is 0 Å². The summed E-state index contributed by atoms with van der Waals surface area (Å²) in [4.78, 5) is 29.0. The van der Waals surface area contributed by atoms with Crippen LogP contribution in [-0.2, 0) is 4.79 Å². The first-order valence-corrected chi connectivity index (χ1v) is 8.67. The number of aromatic nitrogens is 3. The third kappa shape index (κ3) is 3.92. The molecule has 0 spiro atoms. The van der Waals surface area contributed by atoms with Crippen LogP contribution in [0.1, 0.15) is 44.5 Å². The number of hydrogen-bond donors (Lipinski definition) is 2. The van der Waals surface area contributed by atoms with E-state index < -0.39 is 0 Å². The topological polar surface area (TPSA) is 100 Å². The molecule has 1 aromatic rings. The number of nitrogen functional groups attached to an aromatic ring is 1. The maximum absolute atomic E-state index is 11.9. The molecule has 24 heavy (non-hydrogen) atoms. The summed E-state index contributed by atoms with van der Waals surface area (Å²) in [7, 11) is 3.77. The molecule has 1 atom stereocenters. The lowest BCUT2D eigenvalue weighted by Crippen LogP contribution is -2.46. The summed E-state index contributed by atoms with van der Waals surface area (Å²) in [6, 6.07) is 0.372. The van der Waals surface area contributed by atoms with E-state index >= 15 is 0 Å². The monoisotopic (exact) mass is 333 g/mol. The summed E-state index contributed by atoms with van der Waals surface area (Å²) in [6.45, 7) is 3.93. The highest BCUT2D eigenvalue weighted by molar-refractivity contribution is 5.81. The van der Waals surface area contributed by atoms with Gasteiger partial charge in [0.15, 0.2) is 5.82 Å². The molecule has 1 aliphatic carbocycles. The number of piperidine rings is 1. The maximum atomic E-state index is 11.9. The summed E-state index contributed by atoms with van der Waals surface area (Å²) in [5, 5.41) is 3.18. The zero-order chi connectivity index (χ0) is 17.3. The zero-order valence-corrected chi connectivity index (χ0v) is 14.7. The van der Waals surface area contributed by atoms with Crippen LogP contribution in [0, 0.1) is 5.92 Å². The normalized spacial score (nSPS) is 20.6. The highest BCUT2D eigenvalue weighted by atomic mass is 16.2. The Morgan fingerprint density at radius 3 is 2.46 bits per heavy atom. The van der Waals surface area contributed by atoms with Gasteiger partial charge in [0.05, 0.1) is 6.04 Å². The van der Waals surface area contributed by atoms with E-state index in [4.69, 9.17) is 5.73 Å². The van der Waals surface area contributed by atoms with E-state index in [1.165, 1.54) is 0 Å². The van der Waals surface area contributed by atoms with Gasteiger partial charge >= 0.3 is 0 Å². The Bertz CT molecular complexity index is 594. The van der Waals surface area contributed by atoms with Crippen molar-refractivity contribution in [2.45, 2.75) is 44.7 Å². The third-order valence-corrected chi connectivity index (χ3v) is 4.80. The van der Waals surface area contributed by atoms with E-state index in [0.717, 1.165) is 38.8 Å². The molecule has 1 aliphatic heterocycles. The standard InChI is InChI=1S/C16H27N7O/c1-10(13-19-15(17)21-16(20-13)22(2)3)23-8-6-12(7-9-23)18-14(24)11-4-5-11/h10-12H,4-9H2,1-3H3,(H,18,24)(H2,17,19,20,21)/t10-/m0/s1. The van der Waals surface area contributed by atoms with E-state index in [1.807, 2.05) is 19.0 Å². The molecule has 1 amide bonds. The van der Waals surface area contributed by atoms with Gasteiger partial charge in [-0.05, 0) is 32.6 Å². The molecule has 2 aliphatic rings. The van der Waals surface area contributed by atoms with Crippen LogP contribution in [-0.4, -0.2) is 59.0 Å². The van der Waals surface area contributed by atoms with Gasteiger partial charge in [-0.1, -0.05) is 0 Å². The minimum atomic E-state index is 0.0779. The predicted molar refractivity (Wildman–Crippen MR) is 92.4 cm³/mol. The van der Waals surface area contributed by atoms with Crippen LogP contribution >= 0.6 is 0 Å². The van der Waals surface area contributed by atoms with E-state index in [1.54, 1.807) is 0 Å². The first-order valence-electron chi connectivity index (χ1n) is 8.67. The minimum absolute atomic E-state index is 0.0779.